The molecule has 1 aliphatic rings. The zero-order chi connectivity index (χ0) is 23.7. The first-order valence-corrected chi connectivity index (χ1v) is 12.3. The van der Waals surface area contributed by atoms with E-state index in [9.17, 15) is 9.18 Å². The molecule has 7 nitrogen and oxygen atoms in total. The number of rotatable bonds is 7. The summed E-state index contributed by atoms with van der Waals surface area (Å²) in [5.74, 6) is 0.761. The Morgan fingerprint density at radius 2 is 1.97 bits per heavy atom. The van der Waals surface area contributed by atoms with Crippen molar-refractivity contribution in [1.82, 2.24) is 19.7 Å². The largest absolute Gasteiger partial charge is 0.370 e. The van der Waals surface area contributed by atoms with E-state index in [1.807, 2.05) is 23.4 Å². The van der Waals surface area contributed by atoms with Crippen molar-refractivity contribution in [2.24, 2.45) is 5.73 Å². The van der Waals surface area contributed by atoms with Crippen LogP contribution >= 0.6 is 11.3 Å². The molecule has 0 radical (unpaired) electrons. The number of thiazole rings is 1. The van der Waals surface area contributed by atoms with Gasteiger partial charge in [0, 0.05) is 37.0 Å². The van der Waals surface area contributed by atoms with Crippen LogP contribution in [0.3, 0.4) is 0 Å². The van der Waals surface area contributed by atoms with E-state index in [0.717, 1.165) is 59.5 Å². The number of amides is 1. The maximum Gasteiger partial charge on any atom is 0.217 e. The molecule has 0 unspecified atom stereocenters. The molecule has 0 atom stereocenters. The van der Waals surface area contributed by atoms with Gasteiger partial charge in [-0.1, -0.05) is 6.07 Å². The summed E-state index contributed by atoms with van der Waals surface area (Å²) in [6.45, 7) is 2.04. The summed E-state index contributed by atoms with van der Waals surface area (Å²) in [4.78, 5) is 23.2. The maximum absolute atomic E-state index is 13.3. The van der Waals surface area contributed by atoms with Gasteiger partial charge in [0.15, 0.2) is 5.13 Å². The van der Waals surface area contributed by atoms with Crippen molar-refractivity contribution in [2.75, 3.05) is 25.0 Å². The van der Waals surface area contributed by atoms with Gasteiger partial charge in [-0.3, -0.25) is 9.20 Å². The number of nitrogens with two attached hydrogens (primary N) is 1. The van der Waals surface area contributed by atoms with E-state index in [-0.39, 0.29) is 18.1 Å². The van der Waals surface area contributed by atoms with Gasteiger partial charge in [0.1, 0.15) is 17.3 Å². The molecule has 0 aliphatic carbocycles. The van der Waals surface area contributed by atoms with Gasteiger partial charge in [-0.2, -0.15) is 0 Å². The first kappa shape index (κ1) is 22.5. The summed E-state index contributed by atoms with van der Waals surface area (Å²) in [5, 5.41) is 6.17. The molecule has 0 bridgehead atoms. The summed E-state index contributed by atoms with van der Waals surface area (Å²) in [6, 6.07) is 10.5. The number of pyridine rings is 1. The molecule has 1 saturated heterocycles. The lowest BCUT2D eigenvalue weighted by Gasteiger charge is -2.23. The topological polar surface area (TPSA) is 88.6 Å². The minimum Gasteiger partial charge on any atom is -0.370 e. The first-order valence-electron chi connectivity index (χ1n) is 11.4. The van der Waals surface area contributed by atoms with Gasteiger partial charge in [0.25, 0.3) is 0 Å². The summed E-state index contributed by atoms with van der Waals surface area (Å²) in [6.07, 6.45) is 5.06. The van der Waals surface area contributed by atoms with Gasteiger partial charge in [-0.15, -0.1) is 11.3 Å². The Kier molecular flexibility index (Phi) is 6.30. The van der Waals surface area contributed by atoms with E-state index in [1.165, 1.54) is 29.0 Å². The Bertz CT molecular complexity index is 1310. The third kappa shape index (κ3) is 4.53. The van der Waals surface area contributed by atoms with E-state index in [2.05, 4.69) is 22.0 Å². The molecule has 176 valence electrons. The standard InChI is InChI=1S/C25H27FN6OS/c1-31(25-30-21(15-34-25)17-2-5-19(26)6-3-17)24-20(7-8-22(27)33)29-23-9-4-18(14-32(23)24)16-10-12-28-13-11-16/h2-6,9,14-16,28H,7-8,10-13H2,1H3,(H2,27,33). The first-order chi connectivity index (χ1) is 16.5. The molecule has 5 rings (SSSR count). The molecule has 1 fully saturated rings. The number of primary amides is 1. The van der Waals surface area contributed by atoms with Crippen molar-refractivity contribution in [2.45, 2.75) is 31.6 Å². The van der Waals surface area contributed by atoms with Crippen LogP contribution < -0.4 is 16.0 Å². The Balaban J connectivity index is 1.54. The third-order valence-electron chi connectivity index (χ3n) is 6.34. The van der Waals surface area contributed by atoms with Crippen LogP contribution in [0.4, 0.5) is 15.3 Å². The van der Waals surface area contributed by atoms with Gasteiger partial charge in [0.05, 0.1) is 11.4 Å². The zero-order valence-corrected chi connectivity index (χ0v) is 19.8. The van der Waals surface area contributed by atoms with Gasteiger partial charge in [0.2, 0.25) is 5.91 Å². The number of nitrogens with one attached hydrogen (secondary N) is 1. The average Bonchev–Trinajstić information content (AvgIpc) is 3.48. The quantitative estimate of drug-likeness (QED) is 0.415. The molecule has 1 aromatic carbocycles. The number of aryl methyl sites for hydroxylation is 1. The highest BCUT2D eigenvalue weighted by atomic mass is 32.1. The predicted octanol–water partition coefficient (Wildman–Crippen LogP) is 4.25. The number of carbonyl (C=O) groups is 1. The number of anilines is 2. The number of carbonyl (C=O) groups excluding carboxylic acids is 1. The minimum absolute atomic E-state index is 0.227. The summed E-state index contributed by atoms with van der Waals surface area (Å²) >= 11 is 1.51. The average molecular weight is 479 g/mol. The fourth-order valence-corrected chi connectivity index (χ4v) is 5.32. The Morgan fingerprint density at radius 1 is 1.21 bits per heavy atom. The van der Waals surface area contributed by atoms with E-state index >= 15 is 0 Å². The van der Waals surface area contributed by atoms with Crippen LogP contribution in [0, 0.1) is 5.82 Å². The monoisotopic (exact) mass is 478 g/mol. The van der Waals surface area contributed by atoms with Crippen LogP contribution in [-0.4, -0.2) is 40.4 Å². The fraction of sp³-hybridized carbons (Fsp3) is 0.320. The number of benzene rings is 1. The molecular formula is C25H27FN6OS. The molecular weight excluding hydrogens is 451 g/mol. The number of hydrogen-bond donors (Lipinski definition) is 2. The highest BCUT2D eigenvalue weighted by Gasteiger charge is 2.22. The molecule has 9 heteroatoms. The van der Waals surface area contributed by atoms with E-state index in [0.29, 0.717) is 12.3 Å². The molecule has 0 spiro atoms. The maximum atomic E-state index is 13.3. The van der Waals surface area contributed by atoms with Crippen molar-refractivity contribution in [3.63, 3.8) is 0 Å². The fourth-order valence-electron chi connectivity index (χ4n) is 4.52. The highest BCUT2D eigenvalue weighted by Crippen LogP contribution is 2.35. The highest BCUT2D eigenvalue weighted by molar-refractivity contribution is 7.14. The number of hydrogen-bond acceptors (Lipinski definition) is 6. The van der Waals surface area contributed by atoms with E-state index in [4.69, 9.17) is 15.7 Å². The SMILES string of the molecule is CN(c1nc(-c2ccc(F)cc2)cs1)c1c(CCC(N)=O)nc2ccc(C3CCNCC3)cn12. The van der Waals surface area contributed by atoms with Gasteiger partial charge >= 0.3 is 0 Å². The van der Waals surface area contributed by atoms with Crippen molar-refractivity contribution >= 4 is 33.8 Å². The molecule has 1 amide bonds. The lowest BCUT2D eigenvalue weighted by atomic mass is 9.91. The molecule has 3 aromatic heterocycles. The van der Waals surface area contributed by atoms with Gasteiger partial charge in [-0.05, 0) is 67.7 Å². The second kappa shape index (κ2) is 9.52. The molecule has 4 heterocycles. The number of nitrogens with zero attached hydrogens (tertiary/aromatic N) is 4. The number of piperidine rings is 1. The molecule has 1 aliphatic heterocycles. The summed E-state index contributed by atoms with van der Waals surface area (Å²) in [7, 11) is 1.96. The van der Waals surface area contributed by atoms with Crippen LogP contribution in [0.25, 0.3) is 16.9 Å². The van der Waals surface area contributed by atoms with Crippen molar-refractivity contribution < 1.29 is 9.18 Å². The molecule has 0 saturated carbocycles. The van der Waals surface area contributed by atoms with Crippen LogP contribution in [0.2, 0.25) is 0 Å². The zero-order valence-electron chi connectivity index (χ0n) is 19.0. The second-order valence-corrected chi connectivity index (χ2v) is 9.48. The Morgan fingerprint density at radius 3 is 2.71 bits per heavy atom. The Hall–Kier alpha value is -3.30. The number of aromatic nitrogens is 3. The van der Waals surface area contributed by atoms with Gasteiger partial charge < -0.3 is 16.0 Å². The normalized spacial score (nSPS) is 14.5. The summed E-state index contributed by atoms with van der Waals surface area (Å²) < 4.78 is 15.4. The van der Waals surface area contributed by atoms with Crippen molar-refractivity contribution in [1.29, 1.82) is 0 Å². The second-order valence-electron chi connectivity index (χ2n) is 8.64. The predicted molar refractivity (Wildman–Crippen MR) is 133 cm³/mol. The number of imidazole rings is 1. The lowest BCUT2D eigenvalue weighted by molar-refractivity contribution is -0.118. The third-order valence-corrected chi connectivity index (χ3v) is 7.26. The smallest absolute Gasteiger partial charge is 0.217 e. The molecule has 3 N–H and O–H groups in total. The molecule has 4 aromatic rings. The Labute approximate surface area is 201 Å². The summed E-state index contributed by atoms with van der Waals surface area (Å²) in [5.41, 5.74) is 10.0. The number of halogens is 1. The minimum atomic E-state index is -0.353. The number of fused-ring (bicyclic) bond motifs is 1. The van der Waals surface area contributed by atoms with E-state index < -0.39 is 0 Å². The van der Waals surface area contributed by atoms with Crippen LogP contribution in [-0.2, 0) is 11.2 Å². The van der Waals surface area contributed by atoms with Crippen molar-refractivity contribution in [3.8, 4) is 11.3 Å². The van der Waals surface area contributed by atoms with Crippen LogP contribution in [0.1, 0.15) is 36.4 Å². The lowest BCUT2D eigenvalue weighted by Crippen LogP contribution is -2.26. The van der Waals surface area contributed by atoms with Gasteiger partial charge in [-0.25, -0.2) is 14.4 Å². The molecule has 34 heavy (non-hydrogen) atoms. The van der Waals surface area contributed by atoms with E-state index in [1.54, 1.807) is 12.1 Å². The van der Waals surface area contributed by atoms with Crippen LogP contribution in [0.15, 0.2) is 48.0 Å². The van der Waals surface area contributed by atoms with Crippen molar-refractivity contribution in [3.05, 3.63) is 65.0 Å². The van der Waals surface area contributed by atoms with Crippen LogP contribution in [0.5, 0.6) is 0 Å².